The minimum absolute atomic E-state index is 0.111. The summed E-state index contributed by atoms with van der Waals surface area (Å²) < 4.78 is 0. The Balaban J connectivity index is 2.21. The van der Waals surface area contributed by atoms with Crippen LogP contribution in [0.4, 0.5) is 0 Å². The van der Waals surface area contributed by atoms with E-state index in [9.17, 15) is 4.79 Å². The summed E-state index contributed by atoms with van der Waals surface area (Å²) in [5.74, 6) is 0.834. The van der Waals surface area contributed by atoms with Crippen LogP contribution in [0.5, 0.6) is 0 Å². The average molecular weight is 226 g/mol. The van der Waals surface area contributed by atoms with Crippen molar-refractivity contribution in [2.45, 2.75) is 70.9 Å². The van der Waals surface area contributed by atoms with Gasteiger partial charge < -0.3 is 11.1 Å². The largest absolute Gasteiger partial charge is 0.352 e. The molecule has 1 rings (SSSR count). The summed E-state index contributed by atoms with van der Waals surface area (Å²) in [7, 11) is 0. The maximum absolute atomic E-state index is 11.6. The second-order valence-electron chi connectivity index (χ2n) is 6.13. The minimum Gasteiger partial charge on any atom is -0.352 e. The number of nitrogens with one attached hydrogen (secondary N) is 1. The highest BCUT2D eigenvalue weighted by atomic mass is 16.1. The molecule has 3 heteroatoms. The van der Waals surface area contributed by atoms with Gasteiger partial charge in [0.15, 0.2) is 0 Å². The first-order valence-electron chi connectivity index (χ1n) is 6.43. The molecule has 1 aliphatic rings. The molecule has 1 amide bonds. The van der Waals surface area contributed by atoms with Crippen LogP contribution in [0.2, 0.25) is 0 Å². The van der Waals surface area contributed by atoms with Crippen LogP contribution in [-0.4, -0.2) is 17.5 Å². The monoisotopic (exact) mass is 226 g/mol. The third-order valence-corrected chi connectivity index (χ3v) is 3.12. The molecule has 94 valence electrons. The summed E-state index contributed by atoms with van der Waals surface area (Å²) in [5, 5.41) is 3.00. The van der Waals surface area contributed by atoms with Crippen LogP contribution in [0, 0.1) is 5.92 Å². The molecule has 16 heavy (non-hydrogen) atoms. The van der Waals surface area contributed by atoms with Crippen LogP contribution in [0.25, 0.3) is 0 Å². The van der Waals surface area contributed by atoms with E-state index in [-0.39, 0.29) is 11.4 Å². The van der Waals surface area contributed by atoms with Crippen molar-refractivity contribution in [3.63, 3.8) is 0 Å². The molecule has 3 nitrogen and oxygen atoms in total. The molecule has 2 atom stereocenters. The Morgan fingerprint density at radius 2 is 2.06 bits per heavy atom. The second-order valence-corrected chi connectivity index (χ2v) is 6.13. The highest BCUT2D eigenvalue weighted by Crippen LogP contribution is 2.26. The van der Waals surface area contributed by atoms with E-state index in [4.69, 9.17) is 5.73 Å². The van der Waals surface area contributed by atoms with Gasteiger partial charge in [0.2, 0.25) is 5.91 Å². The molecular weight excluding hydrogens is 200 g/mol. The molecule has 1 saturated carbocycles. The summed E-state index contributed by atoms with van der Waals surface area (Å²) in [6.45, 7) is 6.05. The van der Waals surface area contributed by atoms with Gasteiger partial charge in [-0.05, 0) is 46.0 Å². The van der Waals surface area contributed by atoms with Gasteiger partial charge in [0, 0.05) is 18.0 Å². The van der Waals surface area contributed by atoms with E-state index in [1.165, 1.54) is 12.8 Å². The van der Waals surface area contributed by atoms with Gasteiger partial charge in [-0.25, -0.2) is 0 Å². The number of hydrogen-bond acceptors (Lipinski definition) is 2. The van der Waals surface area contributed by atoms with Crippen LogP contribution in [0.3, 0.4) is 0 Å². The highest BCUT2D eigenvalue weighted by molar-refractivity contribution is 5.76. The van der Waals surface area contributed by atoms with Gasteiger partial charge in [-0.1, -0.05) is 12.8 Å². The fraction of sp³-hybridized carbons (Fsp3) is 0.923. The zero-order valence-corrected chi connectivity index (χ0v) is 10.9. The van der Waals surface area contributed by atoms with Crippen molar-refractivity contribution in [3.05, 3.63) is 0 Å². The molecule has 0 saturated heterocycles. The Morgan fingerprint density at radius 1 is 1.38 bits per heavy atom. The molecule has 0 bridgehead atoms. The second kappa shape index (κ2) is 5.67. The van der Waals surface area contributed by atoms with E-state index in [2.05, 4.69) is 5.32 Å². The number of hydrogen-bond donors (Lipinski definition) is 2. The zero-order valence-electron chi connectivity index (χ0n) is 10.9. The van der Waals surface area contributed by atoms with Gasteiger partial charge in [0.05, 0.1) is 0 Å². The number of amides is 1. The lowest BCUT2D eigenvalue weighted by Gasteiger charge is -2.27. The summed E-state index contributed by atoms with van der Waals surface area (Å²) in [6, 6.07) is 0.365. The fourth-order valence-electron chi connectivity index (χ4n) is 2.41. The van der Waals surface area contributed by atoms with Crippen LogP contribution in [-0.2, 0) is 4.79 Å². The SMILES string of the molecule is CC(C)(C)NC(=O)CCC1CCCC(N)C1. The quantitative estimate of drug-likeness (QED) is 0.775. The lowest BCUT2D eigenvalue weighted by Crippen LogP contribution is -2.40. The maximum Gasteiger partial charge on any atom is 0.220 e. The van der Waals surface area contributed by atoms with Crippen molar-refractivity contribution in [1.29, 1.82) is 0 Å². The van der Waals surface area contributed by atoms with E-state index in [0.717, 1.165) is 19.3 Å². The highest BCUT2D eigenvalue weighted by Gasteiger charge is 2.20. The normalized spacial score (nSPS) is 26.5. The fourth-order valence-corrected chi connectivity index (χ4v) is 2.41. The summed E-state index contributed by atoms with van der Waals surface area (Å²) in [5.41, 5.74) is 5.82. The summed E-state index contributed by atoms with van der Waals surface area (Å²) in [6.07, 6.45) is 6.38. The van der Waals surface area contributed by atoms with Crippen molar-refractivity contribution in [2.75, 3.05) is 0 Å². The smallest absolute Gasteiger partial charge is 0.220 e. The third kappa shape index (κ3) is 5.50. The van der Waals surface area contributed by atoms with Crippen molar-refractivity contribution >= 4 is 5.91 Å². The molecule has 0 aromatic rings. The molecule has 0 radical (unpaired) electrons. The molecule has 0 heterocycles. The van der Waals surface area contributed by atoms with E-state index in [1.54, 1.807) is 0 Å². The first-order valence-corrected chi connectivity index (χ1v) is 6.43. The van der Waals surface area contributed by atoms with Gasteiger partial charge in [-0.3, -0.25) is 4.79 Å². The molecule has 0 aliphatic heterocycles. The Labute approximate surface area is 99.2 Å². The first-order chi connectivity index (χ1) is 7.37. The number of nitrogens with two attached hydrogens (primary N) is 1. The Bertz CT molecular complexity index is 233. The van der Waals surface area contributed by atoms with Crippen LogP contribution < -0.4 is 11.1 Å². The Hall–Kier alpha value is -0.570. The first kappa shape index (κ1) is 13.5. The lowest BCUT2D eigenvalue weighted by atomic mass is 9.83. The van der Waals surface area contributed by atoms with Crippen molar-refractivity contribution in [3.8, 4) is 0 Å². The Kier molecular flexibility index (Phi) is 4.78. The standard InChI is InChI=1S/C13H26N2O/c1-13(2,3)15-12(16)8-7-10-5-4-6-11(14)9-10/h10-11H,4-9,14H2,1-3H3,(H,15,16). The zero-order chi connectivity index (χ0) is 12.2. The van der Waals surface area contributed by atoms with Crippen molar-refractivity contribution < 1.29 is 4.79 Å². The molecule has 0 spiro atoms. The number of rotatable bonds is 3. The number of carbonyl (C=O) groups is 1. The molecule has 0 aromatic carbocycles. The summed E-state index contributed by atoms with van der Waals surface area (Å²) >= 11 is 0. The maximum atomic E-state index is 11.6. The van der Waals surface area contributed by atoms with Crippen LogP contribution in [0.15, 0.2) is 0 Å². The third-order valence-electron chi connectivity index (χ3n) is 3.12. The van der Waals surface area contributed by atoms with E-state index in [1.807, 2.05) is 20.8 Å². The predicted molar refractivity (Wildman–Crippen MR) is 67.1 cm³/mol. The van der Waals surface area contributed by atoms with Gasteiger partial charge in [-0.2, -0.15) is 0 Å². The number of carbonyl (C=O) groups excluding carboxylic acids is 1. The molecule has 0 aromatic heterocycles. The van der Waals surface area contributed by atoms with Gasteiger partial charge >= 0.3 is 0 Å². The van der Waals surface area contributed by atoms with Gasteiger partial charge in [-0.15, -0.1) is 0 Å². The molecule has 1 fully saturated rings. The minimum atomic E-state index is -0.111. The topological polar surface area (TPSA) is 55.1 Å². The summed E-state index contributed by atoms with van der Waals surface area (Å²) in [4.78, 5) is 11.6. The van der Waals surface area contributed by atoms with Crippen LogP contribution in [0.1, 0.15) is 59.3 Å². The average Bonchev–Trinajstić information content (AvgIpc) is 2.12. The van der Waals surface area contributed by atoms with Crippen molar-refractivity contribution in [2.24, 2.45) is 11.7 Å². The lowest BCUT2D eigenvalue weighted by molar-refractivity contribution is -0.122. The molecular formula is C13H26N2O. The van der Waals surface area contributed by atoms with Gasteiger partial charge in [0.25, 0.3) is 0 Å². The van der Waals surface area contributed by atoms with Crippen LogP contribution >= 0.6 is 0 Å². The van der Waals surface area contributed by atoms with Crippen molar-refractivity contribution in [1.82, 2.24) is 5.32 Å². The van der Waals surface area contributed by atoms with E-state index < -0.39 is 0 Å². The van der Waals surface area contributed by atoms with Gasteiger partial charge in [0.1, 0.15) is 0 Å². The van der Waals surface area contributed by atoms with E-state index >= 15 is 0 Å². The molecule has 3 N–H and O–H groups in total. The molecule has 2 unspecified atom stereocenters. The van der Waals surface area contributed by atoms with E-state index in [0.29, 0.717) is 18.4 Å². The predicted octanol–water partition coefficient (Wildman–Crippen LogP) is 2.20. The molecule has 1 aliphatic carbocycles. The Morgan fingerprint density at radius 3 is 2.62 bits per heavy atom.